The van der Waals surface area contributed by atoms with Crippen molar-refractivity contribution in [1.29, 1.82) is 0 Å². The number of aliphatic imine (C=N–C) groups is 1. The molecule has 0 aliphatic carbocycles. The molecule has 0 bridgehead atoms. The number of hydrogen-bond acceptors (Lipinski definition) is 3. The maximum Gasteiger partial charge on any atom is 0.277 e. The summed E-state index contributed by atoms with van der Waals surface area (Å²) in [5, 5.41) is 3.03. The summed E-state index contributed by atoms with van der Waals surface area (Å²) in [6.45, 7) is 3.27. The fraction of sp³-hybridized carbons (Fsp3) is 0.286. The van der Waals surface area contributed by atoms with Crippen LogP contribution in [0.3, 0.4) is 0 Å². The molecule has 0 fully saturated rings. The molecular formula is C14H17N3O. The lowest BCUT2D eigenvalue weighted by molar-refractivity contribution is -0.122. The van der Waals surface area contributed by atoms with Crippen LogP contribution in [0.25, 0.3) is 6.08 Å². The smallest absolute Gasteiger partial charge is 0.277 e. The molecule has 1 aromatic rings. The number of benzene rings is 1. The lowest BCUT2D eigenvalue weighted by atomic mass is 10.2. The SMILES string of the molecule is CNCCN1C(=O)/C(=C/c2ccccc2)N=C1C. The summed E-state index contributed by atoms with van der Waals surface area (Å²) in [6, 6.07) is 9.76. The third kappa shape index (κ3) is 2.65. The van der Waals surface area contributed by atoms with E-state index < -0.39 is 0 Å². The average molecular weight is 243 g/mol. The van der Waals surface area contributed by atoms with Crippen molar-refractivity contribution in [2.45, 2.75) is 6.92 Å². The second kappa shape index (κ2) is 5.60. The molecule has 0 saturated heterocycles. The minimum atomic E-state index is -0.0217. The molecule has 0 unspecified atom stereocenters. The Morgan fingerprint density at radius 2 is 2.06 bits per heavy atom. The monoisotopic (exact) mass is 243 g/mol. The molecule has 94 valence electrons. The highest BCUT2D eigenvalue weighted by atomic mass is 16.2. The summed E-state index contributed by atoms with van der Waals surface area (Å²) in [5.74, 6) is 0.740. The van der Waals surface area contributed by atoms with Crippen LogP contribution in [-0.4, -0.2) is 36.8 Å². The first-order chi connectivity index (χ1) is 8.72. The minimum Gasteiger partial charge on any atom is -0.318 e. The minimum absolute atomic E-state index is 0.0217. The molecule has 4 heteroatoms. The highest BCUT2D eigenvalue weighted by molar-refractivity contribution is 6.13. The molecule has 4 nitrogen and oxygen atoms in total. The predicted octanol–water partition coefficient (Wildman–Crippen LogP) is 1.51. The van der Waals surface area contributed by atoms with Crippen LogP contribution in [-0.2, 0) is 4.79 Å². The molecule has 1 aliphatic rings. The van der Waals surface area contributed by atoms with Gasteiger partial charge in [-0.25, -0.2) is 4.99 Å². The molecule has 0 atom stereocenters. The zero-order valence-electron chi connectivity index (χ0n) is 10.7. The van der Waals surface area contributed by atoms with Crippen molar-refractivity contribution >= 4 is 17.8 Å². The van der Waals surface area contributed by atoms with E-state index in [1.807, 2.05) is 50.4 Å². The van der Waals surface area contributed by atoms with Crippen LogP contribution >= 0.6 is 0 Å². The molecule has 0 saturated carbocycles. The van der Waals surface area contributed by atoms with Gasteiger partial charge in [0.1, 0.15) is 11.5 Å². The highest BCUT2D eigenvalue weighted by Crippen LogP contribution is 2.17. The fourth-order valence-electron chi connectivity index (χ4n) is 1.86. The Balaban J connectivity index is 2.18. The molecule has 0 radical (unpaired) electrons. The van der Waals surface area contributed by atoms with E-state index in [0.29, 0.717) is 12.2 Å². The number of carbonyl (C=O) groups excluding carboxylic acids is 1. The van der Waals surface area contributed by atoms with Gasteiger partial charge >= 0.3 is 0 Å². The van der Waals surface area contributed by atoms with Gasteiger partial charge in [0.2, 0.25) is 0 Å². The second-order valence-electron chi connectivity index (χ2n) is 4.16. The van der Waals surface area contributed by atoms with Crippen molar-refractivity contribution in [3.05, 3.63) is 41.6 Å². The van der Waals surface area contributed by atoms with Gasteiger partial charge in [0.05, 0.1) is 0 Å². The maximum atomic E-state index is 12.1. The van der Waals surface area contributed by atoms with Gasteiger partial charge in [-0.15, -0.1) is 0 Å². The van der Waals surface area contributed by atoms with E-state index in [2.05, 4.69) is 10.3 Å². The molecule has 1 N–H and O–H groups in total. The maximum absolute atomic E-state index is 12.1. The number of nitrogens with one attached hydrogen (secondary N) is 1. The van der Waals surface area contributed by atoms with E-state index in [0.717, 1.165) is 17.9 Å². The van der Waals surface area contributed by atoms with Crippen molar-refractivity contribution < 1.29 is 4.79 Å². The van der Waals surface area contributed by atoms with Crippen molar-refractivity contribution in [3.63, 3.8) is 0 Å². The van der Waals surface area contributed by atoms with Gasteiger partial charge in [-0.1, -0.05) is 30.3 Å². The first kappa shape index (κ1) is 12.5. The van der Waals surface area contributed by atoms with Gasteiger partial charge in [-0.05, 0) is 25.6 Å². The first-order valence-corrected chi connectivity index (χ1v) is 6.01. The van der Waals surface area contributed by atoms with E-state index in [9.17, 15) is 4.79 Å². The van der Waals surface area contributed by atoms with E-state index in [1.54, 1.807) is 4.90 Å². The summed E-state index contributed by atoms with van der Waals surface area (Å²) in [6.07, 6.45) is 1.82. The molecule has 18 heavy (non-hydrogen) atoms. The molecule has 2 rings (SSSR count). The number of carbonyl (C=O) groups is 1. The number of rotatable bonds is 4. The zero-order chi connectivity index (χ0) is 13.0. The number of likely N-dealkylation sites (N-methyl/N-ethyl adjacent to an activating group) is 1. The lowest BCUT2D eigenvalue weighted by Crippen LogP contribution is -2.35. The molecule has 1 amide bonds. The Kier molecular flexibility index (Phi) is 3.89. The number of nitrogens with zero attached hydrogens (tertiary/aromatic N) is 2. The molecular weight excluding hydrogens is 226 g/mol. The van der Waals surface area contributed by atoms with E-state index in [4.69, 9.17) is 0 Å². The summed E-state index contributed by atoms with van der Waals surface area (Å²) < 4.78 is 0. The van der Waals surface area contributed by atoms with E-state index in [1.165, 1.54) is 0 Å². The van der Waals surface area contributed by atoms with Crippen molar-refractivity contribution in [2.75, 3.05) is 20.1 Å². The van der Waals surface area contributed by atoms with Crippen LogP contribution in [0.5, 0.6) is 0 Å². The molecule has 1 heterocycles. The number of amides is 1. The topological polar surface area (TPSA) is 44.7 Å². The molecule has 0 aromatic heterocycles. The summed E-state index contributed by atoms with van der Waals surface area (Å²) in [7, 11) is 1.87. The van der Waals surface area contributed by atoms with Gasteiger partial charge in [0.15, 0.2) is 0 Å². The van der Waals surface area contributed by atoms with Gasteiger partial charge in [-0.3, -0.25) is 9.69 Å². The van der Waals surface area contributed by atoms with Gasteiger partial charge in [-0.2, -0.15) is 0 Å². The quantitative estimate of drug-likeness (QED) is 0.815. The Labute approximate surface area is 107 Å². The van der Waals surface area contributed by atoms with Crippen molar-refractivity contribution in [2.24, 2.45) is 4.99 Å². The number of amidine groups is 1. The lowest BCUT2D eigenvalue weighted by Gasteiger charge is -2.14. The third-order valence-corrected chi connectivity index (χ3v) is 2.83. The number of hydrogen-bond donors (Lipinski definition) is 1. The Morgan fingerprint density at radius 1 is 1.33 bits per heavy atom. The fourth-order valence-corrected chi connectivity index (χ4v) is 1.86. The molecule has 1 aromatic carbocycles. The second-order valence-corrected chi connectivity index (χ2v) is 4.16. The highest BCUT2D eigenvalue weighted by Gasteiger charge is 2.26. The van der Waals surface area contributed by atoms with Crippen LogP contribution in [0, 0.1) is 0 Å². The van der Waals surface area contributed by atoms with Crippen molar-refractivity contribution in [1.82, 2.24) is 10.2 Å². The van der Waals surface area contributed by atoms with Crippen LogP contribution in [0.2, 0.25) is 0 Å². The predicted molar refractivity (Wildman–Crippen MR) is 73.2 cm³/mol. The Morgan fingerprint density at radius 3 is 2.72 bits per heavy atom. The van der Waals surface area contributed by atoms with Gasteiger partial charge in [0.25, 0.3) is 5.91 Å². The first-order valence-electron chi connectivity index (χ1n) is 6.01. The summed E-state index contributed by atoms with van der Waals surface area (Å²) >= 11 is 0. The van der Waals surface area contributed by atoms with Gasteiger partial charge in [0, 0.05) is 13.1 Å². The average Bonchev–Trinajstić information content (AvgIpc) is 2.64. The standard InChI is InChI=1S/C14H17N3O/c1-11-16-13(10-12-6-4-3-5-7-12)14(18)17(11)9-8-15-2/h3-7,10,15H,8-9H2,1-2H3/b13-10-. The van der Waals surface area contributed by atoms with Gasteiger partial charge < -0.3 is 5.32 Å². The summed E-state index contributed by atoms with van der Waals surface area (Å²) in [4.78, 5) is 18.2. The Bertz CT molecular complexity index is 491. The normalized spacial score (nSPS) is 17.4. The van der Waals surface area contributed by atoms with E-state index >= 15 is 0 Å². The van der Waals surface area contributed by atoms with Crippen molar-refractivity contribution in [3.8, 4) is 0 Å². The molecule has 0 spiro atoms. The Hall–Kier alpha value is -1.94. The molecule has 1 aliphatic heterocycles. The van der Waals surface area contributed by atoms with E-state index in [-0.39, 0.29) is 5.91 Å². The van der Waals surface area contributed by atoms with Crippen LogP contribution in [0.4, 0.5) is 0 Å². The largest absolute Gasteiger partial charge is 0.318 e. The van der Waals surface area contributed by atoms with Crippen LogP contribution in [0.1, 0.15) is 12.5 Å². The van der Waals surface area contributed by atoms with Crippen LogP contribution < -0.4 is 5.32 Å². The summed E-state index contributed by atoms with van der Waals surface area (Å²) in [5.41, 5.74) is 1.50. The zero-order valence-corrected chi connectivity index (χ0v) is 10.7. The van der Waals surface area contributed by atoms with Crippen LogP contribution in [0.15, 0.2) is 41.0 Å². The third-order valence-electron chi connectivity index (χ3n) is 2.83.